The zero-order valence-electron chi connectivity index (χ0n) is 18.0. The number of benzene rings is 2. The van der Waals surface area contributed by atoms with E-state index in [0.717, 1.165) is 0 Å². The first-order valence-corrected chi connectivity index (χ1v) is 15.0. The number of hydrogen-bond donors (Lipinski definition) is 3. The van der Waals surface area contributed by atoms with E-state index in [1.807, 2.05) is 0 Å². The van der Waals surface area contributed by atoms with Crippen LogP contribution in [0.25, 0.3) is 0 Å². The van der Waals surface area contributed by atoms with Gasteiger partial charge in [0.1, 0.15) is 6.04 Å². The summed E-state index contributed by atoms with van der Waals surface area (Å²) < 4.78 is 22.8. The molecule has 4 N–H and O–H groups in total. The minimum absolute atomic E-state index is 0.0521. The third kappa shape index (κ3) is 6.69. The molecule has 1 fully saturated rings. The fraction of sp³-hybridized carbons (Fsp3) is 0.286. The number of anilines is 1. The van der Waals surface area contributed by atoms with Crippen molar-refractivity contribution in [3.05, 3.63) is 54.1 Å². The van der Waals surface area contributed by atoms with Crippen LogP contribution in [0.2, 0.25) is 0 Å². The highest BCUT2D eigenvalue weighted by molar-refractivity contribution is 8.76. The van der Waals surface area contributed by atoms with Crippen LogP contribution >= 0.6 is 33.3 Å². The van der Waals surface area contributed by atoms with Gasteiger partial charge in [0.15, 0.2) is 0 Å². The number of rotatable bonds is 9. The van der Waals surface area contributed by atoms with Gasteiger partial charge in [0.2, 0.25) is 15.9 Å². The normalized spacial score (nSPS) is 16.8. The monoisotopic (exact) mass is 541 g/mol. The SMILES string of the molecule is C[C@@H](CSSc1ccccc1C(=O)Nc1ccc(S(N)(=O)=O)cc1)C(=O)N1CSCC1C(=O)O. The molecule has 0 radical (unpaired) electrons. The van der Waals surface area contributed by atoms with Crippen LogP contribution in [0.4, 0.5) is 5.69 Å². The Morgan fingerprint density at radius 3 is 2.53 bits per heavy atom. The molecule has 2 atom stereocenters. The van der Waals surface area contributed by atoms with Crippen LogP contribution < -0.4 is 10.5 Å². The van der Waals surface area contributed by atoms with Gasteiger partial charge in [-0.1, -0.05) is 40.6 Å². The molecule has 1 aliphatic rings. The van der Waals surface area contributed by atoms with Gasteiger partial charge in [0.05, 0.1) is 16.3 Å². The summed E-state index contributed by atoms with van der Waals surface area (Å²) >= 11 is 1.42. The van der Waals surface area contributed by atoms with E-state index in [2.05, 4.69) is 5.32 Å². The van der Waals surface area contributed by atoms with Gasteiger partial charge in [-0.15, -0.1) is 11.8 Å². The highest BCUT2D eigenvalue weighted by Crippen LogP contribution is 2.36. The van der Waals surface area contributed by atoms with Crippen molar-refractivity contribution in [3.63, 3.8) is 0 Å². The maximum Gasteiger partial charge on any atom is 0.327 e. The average molecular weight is 542 g/mol. The van der Waals surface area contributed by atoms with E-state index < -0.39 is 22.0 Å². The van der Waals surface area contributed by atoms with E-state index in [-0.39, 0.29) is 22.6 Å². The minimum Gasteiger partial charge on any atom is -0.480 e. The van der Waals surface area contributed by atoms with Crippen molar-refractivity contribution >= 4 is 66.8 Å². The third-order valence-electron chi connectivity index (χ3n) is 4.91. The second-order valence-electron chi connectivity index (χ2n) is 7.45. The first-order valence-electron chi connectivity index (χ1n) is 10.0. The predicted octanol–water partition coefficient (Wildman–Crippen LogP) is 2.95. The van der Waals surface area contributed by atoms with Gasteiger partial charge in [-0.2, -0.15) is 0 Å². The van der Waals surface area contributed by atoms with Crippen molar-refractivity contribution < 1.29 is 27.9 Å². The van der Waals surface area contributed by atoms with Crippen molar-refractivity contribution in [1.29, 1.82) is 0 Å². The molecule has 1 unspecified atom stereocenters. The average Bonchev–Trinajstić information content (AvgIpc) is 3.29. The number of nitrogens with one attached hydrogen (secondary N) is 1. The van der Waals surface area contributed by atoms with Crippen LogP contribution in [0.5, 0.6) is 0 Å². The maximum atomic E-state index is 12.8. The Kier molecular flexibility index (Phi) is 8.93. The van der Waals surface area contributed by atoms with E-state index in [4.69, 9.17) is 5.14 Å². The van der Waals surface area contributed by atoms with Crippen LogP contribution in [0.1, 0.15) is 17.3 Å². The van der Waals surface area contributed by atoms with Crippen molar-refractivity contribution in [1.82, 2.24) is 4.90 Å². The van der Waals surface area contributed by atoms with Crippen molar-refractivity contribution in [2.75, 3.05) is 22.7 Å². The fourth-order valence-electron chi connectivity index (χ4n) is 3.07. The van der Waals surface area contributed by atoms with Crippen molar-refractivity contribution in [3.8, 4) is 0 Å². The molecule has 13 heteroatoms. The first-order chi connectivity index (χ1) is 16.1. The molecule has 2 aromatic carbocycles. The smallest absolute Gasteiger partial charge is 0.327 e. The molecule has 2 aromatic rings. The summed E-state index contributed by atoms with van der Waals surface area (Å²) in [5.41, 5.74) is 0.844. The zero-order chi connectivity index (χ0) is 24.9. The topological polar surface area (TPSA) is 147 Å². The number of nitrogens with two attached hydrogens (primary N) is 1. The van der Waals surface area contributed by atoms with Gasteiger partial charge in [0.25, 0.3) is 5.91 Å². The maximum absolute atomic E-state index is 12.8. The fourth-order valence-corrected chi connectivity index (χ4v) is 7.30. The van der Waals surface area contributed by atoms with Crippen LogP contribution in [0.15, 0.2) is 58.3 Å². The summed E-state index contributed by atoms with van der Waals surface area (Å²) in [6.07, 6.45) is 0. The lowest BCUT2D eigenvalue weighted by Crippen LogP contribution is -2.44. The Balaban J connectivity index is 1.59. The van der Waals surface area contributed by atoms with Crippen LogP contribution in [-0.4, -0.2) is 59.6 Å². The molecule has 2 amide bonds. The third-order valence-corrected chi connectivity index (χ3v) is 9.44. The molecule has 34 heavy (non-hydrogen) atoms. The Morgan fingerprint density at radius 1 is 1.21 bits per heavy atom. The zero-order valence-corrected chi connectivity index (χ0v) is 21.3. The van der Waals surface area contributed by atoms with Gasteiger partial charge >= 0.3 is 5.97 Å². The molecule has 0 spiro atoms. The number of carbonyl (C=O) groups is 3. The molecule has 1 saturated heterocycles. The highest BCUT2D eigenvalue weighted by Gasteiger charge is 2.36. The number of aliphatic carboxylic acids is 1. The van der Waals surface area contributed by atoms with Crippen molar-refractivity contribution in [2.45, 2.75) is 22.8 Å². The first kappa shape index (κ1) is 26.4. The number of carboxylic acid groups (broad SMARTS) is 1. The lowest BCUT2D eigenvalue weighted by molar-refractivity contribution is -0.148. The Hall–Kier alpha value is -2.19. The van der Waals surface area contributed by atoms with Crippen molar-refractivity contribution in [2.24, 2.45) is 11.1 Å². The summed E-state index contributed by atoms with van der Waals surface area (Å²) in [4.78, 5) is 38.9. The summed E-state index contributed by atoms with van der Waals surface area (Å²) in [5.74, 6) is -0.721. The van der Waals surface area contributed by atoms with Crippen LogP contribution in [0, 0.1) is 5.92 Å². The molecule has 1 heterocycles. The number of carbonyl (C=O) groups excluding carboxylic acids is 2. The van der Waals surface area contributed by atoms with Crippen LogP contribution in [0.3, 0.4) is 0 Å². The number of sulfonamides is 1. The Bertz CT molecular complexity index is 1170. The number of hydrogen-bond acceptors (Lipinski definition) is 8. The standard InChI is InChI=1S/C21H23N3O6S4/c1-13(20(26)24-12-31-11-17(24)21(27)28)10-32-33-18-5-3-2-4-16(18)19(25)23-14-6-8-15(9-7-14)34(22,29)30/h2-9,13,17H,10-12H2,1H3,(H,23,25)(H,27,28)(H2,22,29,30)/t13-,17?/m0/s1. The summed E-state index contributed by atoms with van der Waals surface area (Å²) in [6, 6.07) is 11.7. The molecule has 9 nitrogen and oxygen atoms in total. The lowest BCUT2D eigenvalue weighted by Gasteiger charge is -2.23. The van der Waals surface area contributed by atoms with E-state index in [9.17, 15) is 27.9 Å². The highest BCUT2D eigenvalue weighted by atomic mass is 33.1. The molecule has 0 aromatic heterocycles. The molecule has 0 aliphatic carbocycles. The van der Waals surface area contributed by atoms with E-state index in [1.54, 1.807) is 31.2 Å². The molecule has 182 valence electrons. The molecule has 3 rings (SSSR count). The summed E-state index contributed by atoms with van der Waals surface area (Å²) in [7, 11) is -1.06. The quantitative estimate of drug-likeness (QED) is 0.408. The largest absolute Gasteiger partial charge is 0.480 e. The van der Waals surface area contributed by atoms with E-state index >= 15 is 0 Å². The molecular formula is C21H23N3O6S4. The van der Waals surface area contributed by atoms with E-state index in [1.165, 1.54) is 62.5 Å². The molecular weight excluding hydrogens is 519 g/mol. The molecule has 0 bridgehead atoms. The lowest BCUT2D eigenvalue weighted by atomic mass is 10.1. The van der Waals surface area contributed by atoms with E-state index in [0.29, 0.717) is 33.5 Å². The van der Waals surface area contributed by atoms with Gasteiger partial charge in [0, 0.05) is 28.0 Å². The second-order valence-corrected chi connectivity index (χ2v) is 12.4. The number of amides is 2. The summed E-state index contributed by atoms with van der Waals surface area (Å²) in [6.45, 7) is 1.77. The molecule has 0 saturated carbocycles. The number of nitrogens with zero attached hydrogens (tertiary/aromatic N) is 1. The number of primary sulfonamides is 1. The van der Waals surface area contributed by atoms with Gasteiger partial charge < -0.3 is 15.3 Å². The van der Waals surface area contributed by atoms with Gasteiger partial charge in [-0.3, -0.25) is 9.59 Å². The Morgan fingerprint density at radius 2 is 1.88 bits per heavy atom. The second kappa shape index (κ2) is 11.5. The van der Waals surface area contributed by atoms with Gasteiger partial charge in [-0.25, -0.2) is 18.4 Å². The Labute approximate surface area is 209 Å². The predicted molar refractivity (Wildman–Crippen MR) is 135 cm³/mol. The molecule has 1 aliphatic heterocycles. The minimum atomic E-state index is -3.82. The number of carboxylic acids is 1. The van der Waals surface area contributed by atoms with Gasteiger partial charge in [-0.05, 0) is 36.4 Å². The summed E-state index contributed by atoms with van der Waals surface area (Å²) in [5, 5.41) is 17.1. The number of thioether (sulfide) groups is 1. The van der Waals surface area contributed by atoms with Crippen LogP contribution in [-0.2, 0) is 19.6 Å².